The zero-order valence-corrected chi connectivity index (χ0v) is 12.2. The Morgan fingerprint density at radius 3 is 2.62 bits per heavy atom. The van der Waals surface area contributed by atoms with E-state index in [1.165, 1.54) is 6.33 Å². The molecule has 2 heterocycles. The van der Waals surface area contributed by atoms with Crippen LogP contribution in [0, 0.1) is 0 Å². The average molecular weight is 306 g/mol. The van der Waals surface area contributed by atoms with E-state index in [0.717, 1.165) is 36.9 Å². The molecule has 0 bridgehead atoms. The number of nitrogens with two attached hydrogens (primary N) is 1. The first kappa shape index (κ1) is 13.8. The van der Waals surface area contributed by atoms with Crippen LogP contribution in [0.25, 0.3) is 0 Å². The zero-order chi connectivity index (χ0) is 14.8. The van der Waals surface area contributed by atoms with Gasteiger partial charge in [-0.25, -0.2) is 4.98 Å². The number of nitrogen functional groups attached to an aromatic ring is 1. The second-order valence-electron chi connectivity index (χ2n) is 4.92. The van der Waals surface area contributed by atoms with E-state index < -0.39 is 0 Å². The third-order valence-corrected chi connectivity index (χ3v) is 3.86. The number of anilines is 3. The van der Waals surface area contributed by atoms with E-state index in [2.05, 4.69) is 14.9 Å². The quantitative estimate of drug-likeness (QED) is 0.875. The molecule has 7 heteroatoms. The highest BCUT2D eigenvalue weighted by atomic mass is 35.5. The van der Waals surface area contributed by atoms with E-state index in [-0.39, 0.29) is 11.2 Å². The van der Waals surface area contributed by atoms with Crippen LogP contribution in [-0.2, 0) is 0 Å². The van der Waals surface area contributed by atoms with Gasteiger partial charge in [-0.2, -0.15) is 0 Å². The molecule has 1 aliphatic heterocycles. The van der Waals surface area contributed by atoms with Crippen LogP contribution in [0.3, 0.4) is 0 Å². The van der Waals surface area contributed by atoms with Crippen molar-refractivity contribution >= 4 is 28.8 Å². The third-order valence-electron chi connectivity index (χ3n) is 3.62. The maximum Gasteiger partial charge on any atom is 0.276 e. The molecule has 1 aromatic heterocycles. The normalized spacial score (nSPS) is 15.3. The number of halogens is 1. The summed E-state index contributed by atoms with van der Waals surface area (Å²) in [6, 6.07) is 7.81. The van der Waals surface area contributed by atoms with Crippen LogP contribution < -0.4 is 21.1 Å². The van der Waals surface area contributed by atoms with E-state index in [0.29, 0.717) is 5.82 Å². The van der Waals surface area contributed by atoms with Crippen molar-refractivity contribution in [2.45, 2.75) is 0 Å². The Balaban J connectivity index is 1.73. The molecule has 0 saturated carbocycles. The number of aromatic nitrogens is 2. The molecule has 2 aromatic rings. The number of nitrogens with zero attached hydrogens (tertiary/aromatic N) is 3. The first-order valence-electron chi connectivity index (χ1n) is 6.74. The van der Waals surface area contributed by atoms with Crippen molar-refractivity contribution in [3.8, 4) is 0 Å². The predicted molar refractivity (Wildman–Crippen MR) is 85.1 cm³/mol. The molecule has 110 valence electrons. The molecule has 0 radical (unpaired) electrons. The van der Waals surface area contributed by atoms with Crippen LogP contribution in [0.4, 0.5) is 17.2 Å². The topological polar surface area (TPSA) is 78.2 Å². The van der Waals surface area contributed by atoms with Crippen molar-refractivity contribution in [3.05, 3.63) is 46.0 Å². The maximum atomic E-state index is 11.5. The van der Waals surface area contributed by atoms with Gasteiger partial charge in [0, 0.05) is 36.9 Å². The van der Waals surface area contributed by atoms with Gasteiger partial charge in [0.2, 0.25) is 0 Å². The monoisotopic (exact) mass is 305 g/mol. The first-order chi connectivity index (χ1) is 10.1. The lowest BCUT2D eigenvalue weighted by molar-refractivity contribution is 0.647. The van der Waals surface area contributed by atoms with Crippen molar-refractivity contribution in [2.75, 3.05) is 41.7 Å². The molecule has 1 aromatic carbocycles. The lowest BCUT2D eigenvalue weighted by Gasteiger charge is -2.37. The second-order valence-corrected chi connectivity index (χ2v) is 5.36. The lowest BCUT2D eigenvalue weighted by Crippen LogP contribution is -2.47. The average Bonchev–Trinajstić information content (AvgIpc) is 2.50. The number of benzene rings is 1. The Bertz CT molecular complexity index is 694. The van der Waals surface area contributed by atoms with Gasteiger partial charge in [0.15, 0.2) is 5.82 Å². The Morgan fingerprint density at radius 1 is 1.19 bits per heavy atom. The highest BCUT2D eigenvalue weighted by Crippen LogP contribution is 2.23. The molecule has 0 amide bonds. The van der Waals surface area contributed by atoms with Crippen LogP contribution in [-0.4, -0.2) is 36.1 Å². The Hall–Kier alpha value is -2.21. The van der Waals surface area contributed by atoms with Gasteiger partial charge >= 0.3 is 0 Å². The van der Waals surface area contributed by atoms with Gasteiger partial charge in [-0.3, -0.25) is 4.79 Å². The van der Waals surface area contributed by atoms with E-state index in [9.17, 15) is 4.79 Å². The maximum absolute atomic E-state index is 11.5. The van der Waals surface area contributed by atoms with Gasteiger partial charge in [0.25, 0.3) is 5.56 Å². The minimum atomic E-state index is -0.294. The molecule has 0 aliphatic carbocycles. The van der Waals surface area contributed by atoms with E-state index in [1.807, 2.05) is 29.2 Å². The fraction of sp³-hybridized carbons (Fsp3) is 0.286. The first-order valence-corrected chi connectivity index (χ1v) is 7.11. The molecule has 21 heavy (non-hydrogen) atoms. The summed E-state index contributed by atoms with van der Waals surface area (Å²) in [4.78, 5) is 22.5. The molecule has 1 aliphatic rings. The van der Waals surface area contributed by atoms with E-state index >= 15 is 0 Å². The summed E-state index contributed by atoms with van der Waals surface area (Å²) < 4.78 is 0. The molecule has 3 rings (SSSR count). The van der Waals surface area contributed by atoms with Crippen molar-refractivity contribution in [3.63, 3.8) is 0 Å². The number of nitrogens with one attached hydrogen (secondary N) is 1. The summed E-state index contributed by atoms with van der Waals surface area (Å²) >= 11 is 6.03. The van der Waals surface area contributed by atoms with Gasteiger partial charge in [0.1, 0.15) is 5.69 Å². The van der Waals surface area contributed by atoms with Crippen molar-refractivity contribution in [2.24, 2.45) is 0 Å². The standard InChI is InChI=1S/C14H16ClN5O/c15-10-2-1-3-11(8-10)19-4-6-20(7-5-19)13-12(16)14(21)18-9-17-13/h1-3,8-9H,4-7,16H2,(H,17,18,21). The summed E-state index contributed by atoms with van der Waals surface area (Å²) in [6.07, 6.45) is 1.39. The number of hydrogen-bond donors (Lipinski definition) is 2. The highest BCUT2D eigenvalue weighted by Gasteiger charge is 2.20. The van der Waals surface area contributed by atoms with Crippen LogP contribution in [0.1, 0.15) is 0 Å². The van der Waals surface area contributed by atoms with Crippen molar-refractivity contribution < 1.29 is 0 Å². The minimum Gasteiger partial charge on any atom is -0.391 e. The summed E-state index contributed by atoms with van der Waals surface area (Å²) in [6.45, 7) is 3.17. The van der Waals surface area contributed by atoms with Crippen molar-refractivity contribution in [1.29, 1.82) is 0 Å². The summed E-state index contributed by atoms with van der Waals surface area (Å²) in [7, 11) is 0. The fourth-order valence-corrected chi connectivity index (χ4v) is 2.69. The second kappa shape index (κ2) is 5.65. The number of aromatic amines is 1. The summed E-state index contributed by atoms with van der Waals surface area (Å²) in [5, 5.41) is 0.732. The highest BCUT2D eigenvalue weighted by molar-refractivity contribution is 6.30. The fourth-order valence-electron chi connectivity index (χ4n) is 2.50. The molecular formula is C14H16ClN5O. The Morgan fingerprint density at radius 2 is 1.90 bits per heavy atom. The van der Waals surface area contributed by atoms with Crippen LogP contribution in [0.2, 0.25) is 5.02 Å². The SMILES string of the molecule is Nc1c(N2CCN(c3cccc(Cl)c3)CC2)nc[nH]c1=O. The van der Waals surface area contributed by atoms with Gasteiger partial charge in [-0.05, 0) is 18.2 Å². The van der Waals surface area contributed by atoms with E-state index in [4.69, 9.17) is 17.3 Å². The molecular weight excluding hydrogens is 290 g/mol. The van der Waals surface area contributed by atoms with Gasteiger partial charge in [-0.15, -0.1) is 0 Å². The molecule has 3 N–H and O–H groups in total. The molecule has 6 nitrogen and oxygen atoms in total. The smallest absolute Gasteiger partial charge is 0.276 e. The number of piperazine rings is 1. The Labute approximate surface area is 127 Å². The minimum absolute atomic E-state index is 0.175. The largest absolute Gasteiger partial charge is 0.391 e. The summed E-state index contributed by atoms with van der Waals surface area (Å²) in [5.74, 6) is 0.560. The number of rotatable bonds is 2. The van der Waals surface area contributed by atoms with E-state index in [1.54, 1.807) is 0 Å². The molecule has 1 saturated heterocycles. The zero-order valence-electron chi connectivity index (χ0n) is 11.4. The lowest BCUT2D eigenvalue weighted by atomic mass is 10.2. The van der Waals surface area contributed by atoms with Crippen LogP contribution in [0.5, 0.6) is 0 Å². The molecule has 0 unspecified atom stereocenters. The summed E-state index contributed by atoms with van der Waals surface area (Å²) in [5.41, 5.74) is 6.79. The Kier molecular flexibility index (Phi) is 3.70. The van der Waals surface area contributed by atoms with Crippen LogP contribution >= 0.6 is 11.6 Å². The molecule has 0 spiro atoms. The molecule has 1 fully saturated rings. The van der Waals surface area contributed by atoms with Gasteiger partial charge in [0.05, 0.1) is 6.33 Å². The predicted octanol–water partition coefficient (Wildman–Crippen LogP) is 1.33. The van der Waals surface area contributed by atoms with Crippen LogP contribution in [0.15, 0.2) is 35.4 Å². The number of hydrogen-bond acceptors (Lipinski definition) is 5. The third kappa shape index (κ3) is 2.80. The van der Waals surface area contributed by atoms with Gasteiger partial charge in [-0.1, -0.05) is 17.7 Å². The molecule has 0 atom stereocenters. The van der Waals surface area contributed by atoms with Gasteiger partial charge < -0.3 is 20.5 Å². The van der Waals surface area contributed by atoms with Crippen molar-refractivity contribution in [1.82, 2.24) is 9.97 Å². The number of H-pyrrole nitrogens is 1.